The van der Waals surface area contributed by atoms with Crippen LogP contribution in [-0.2, 0) is 21.4 Å². The highest BCUT2D eigenvalue weighted by Crippen LogP contribution is 2.25. The molecule has 270 valence electrons. The van der Waals surface area contributed by atoms with Crippen LogP contribution in [0.15, 0.2) is 85.2 Å². The monoisotopic (exact) mass is 693 g/mol. The molecule has 10 heteroatoms. The highest BCUT2D eigenvalue weighted by atomic mass is 16.5. The molecule has 1 aromatic heterocycles. The molecule has 0 aliphatic carbocycles. The predicted molar refractivity (Wildman–Crippen MR) is 200 cm³/mol. The molecule has 2 atom stereocenters. The third-order valence-electron chi connectivity index (χ3n) is 8.71. The molecule has 0 aliphatic heterocycles. The fourth-order valence-corrected chi connectivity index (χ4v) is 5.56. The highest BCUT2D eigenvalue weighted by molar-refractivity contribution is 5.98. The smallest absolute Gasteiger partial charge is 0.326 e. The van der Waals surface area contributed by atoms with E-state index in [9.17, 15) is 19.5 Å². The fourth-order valence-electron chi connectivity index (χ4n) is 5.56. The zero-order valence-corrected chi connectivity index (χ0v) is 30.2. The number of nitrogens with two attached hydrogens (primary N) is 1. The van der Waals surface area contributed by atoms with Gasteiger partial charge in [0.2, 0.25) is 5.91 Å². The molecule has 0 fully saturated rings. The van der Waals surface area contributed by atoms with Gasteiger partial charge in [0, 0.05) is 35.5 Å². The molecule has 2 amide bonds. The van der Waals surface area contributed by atoms with Crippen molar-refractivity contribution < 1.29 is 24.2 Å². The second kappa shape index (κ2) is 18.8. The van der Waals surface area contributed by atoms with Crippen molar-refractivity contribution in [2.75, 3.05) is 13.2 Å². The average molecular weight is 694 g/mol. The molecular weight excluding hydrogens is 642 g/mol. The summed E-state index contributed by atoms with van der Waals surface area (Å²) in [5.74, 6) is -0.854. The number of hydrogen-bond acceptors (Lipinski definition) is 7. The van der Waals surface area contributed by atoms with Gasteiger partial charge < -0.3 is 26.2 Å². The summed E-state index contributed by atoms with van der Waals surface area (Å²) in [5, 5.41) is 14.9. The van der Waals surface area contributed by atoms with E-state index in [2.05, 4.69) is 48.3 Å². The number of nitrogens with zero attached hydrogens (tertiary/aromatic N) is 2. The number of carboxylic acid groups (broad SMARTS) is 1. The van der Waals surface area contributed by atoms with E-state index in [1.807, 2.05) is 60.7 Å². The summed E-state index contributed by atoms with van der Waals surface area (Å²) < 4.78 is 5.89. The second-order valence-corrected chi connectivity index (χ2v) is 13.8. The van der Waals surface area contributed by atoms with Gasteiger partial charge in [-0.15, -0.1) is 0 Å². The van der Waals surface area contributed by atoms with E-state index in [0.717, 1.165) is 40.0 Å². The first kappa shape index (κ1) is 38.7. The molecule has 0 saturated carbocycles. The molecule has 0 saturated heterocycles. The van der Waals surface area contributed by atoms with Crippen molar-refractivity contribution in [1.82, 2.24) is 20.6 Å². The number of benzene rings is 3. The third-order valence-corrected chi connectivity index (χ3v) is 8.71. The SMILES string of the molecule is CCCCCCCOc1ccc(-c2cnc(-c3ccc(C[C@H](NC(=O)c4ccc(C(C)(C)C)cc4)C(=O)N[C@@H](CCN)C(=O)O)cc3)nc2)cc1. The Morgan fingerprint density at radius 3 is 2.00 bits per heavy atom. The molecule has 5 N–H and O–H groups in total. The maximum atomic E-state index is 13.4. The van der Waals surface area contributed by atoms with Gasteiger partial charge in [-0.2, -0.15) is 0 Å². The van der Waals surface area contributed by atoms with Crippen LogP contribution in [0.3, 0.4) is 0 Å². The van der Waals surface area contributed by atoms with Gasteiger partial charge in [-0.25, -0.2) is 14.8 Å². The van der Waals surface area contributed by atoms with Crippen LogP contribution >= 0.6 is 0 Å². The van der Waals surface area contributed by atoms with Gasteiger partial charge in [-0.1, -0.05) is 102 Å². The molecule has 0 aliphatic rings. The summed E-state index contributed by atoms with van der Waals surface area (Å²) in [6.07, 6.45) is 9.74. The lowest BCUT2D eigenvalue weighted by Gasteiger charge is -2.22. The number of ether oxygens (including phenoxy) is 1. The van der Waals surface area contributed by atoms with Crippen LogP contribution in [0.2, 0.25) is 0 Å². The van der Waals surface area contributed by atoms with Crippen molar-refractivity contribution >= 4 is 17.8 Å². The molecule has 0 unspecified atom stereocenters. The topological polar surface area (TPSA) is 157 Å². The van der Waals surface area contributed by atoms with Crippen LogP contribution < -0.4 is 21.1 Å². The van der Waals surface area contributed by atoms with Crippen molar-refractivity contribution in [3.05, 3.63) is 102 Å². The molecule has 1 heterocycles. The quantitative estimate of drug-likeness (QED) is 0.0838. The predicted octanol–water partition coefficient (Wildman–Crippen LogP) is 6.72. The van der Waals surface area contributed by atoms with Crippen LogP contribution in [0, 0.1) is 0 Å². The van der Waals surface area contributed by atoms with Gasteiger partial charge in [0.05, 0.1) is 6.61 Å². The maximum Gasteiger partial charge on any atom is 0.326 e. The molecule has 10 nitrogen and oxygen atoms in total. The number of carbonyl (C=O) groups is 3. The molecule has 3 aromatic carbocycles. The number of aliphatic carboxylic acids is 1. The van der Waals surface area contributed by atoms with Gasteiger partial charge in [0.15, 0.2) is 5.82 Å². The Morgan fingerprint density at radius 2 is 1.41 bits per heavy atom. The minimum absolute atomic E-state index is 0.0580. The Hall–Kier alpha value is -5.09. The first-order valence-corrected chi connectivity index (χ1v) is 17.8. The van der Waals surface area contributed by atoms with Crippen LogP contribution in [0.4, 0.5) is 0 Å². The second-order valence-electron chi connectivity index (χ2n) is 13.8. The number of nitrogens with one attached hydrogen (secondary N) is 2. The number of unbranched alkanes of at least 4 members (excludes halogenated alkanes) is 4. The number of rotatable bonds is 18. The van der Waals surface area contributed by atoms with Gasteiger partial charge in [0.25, 0.3) is 5.91 Å². The van der Waals surface area contributed by atoms with Crippen LogP contribution in [-0.4, -0.2) is 58.1 Å². The van der Waals surface area contributed by atoms with Gasteiger partial charge in [-0.05, 0) is 65.8 Å². The molecule has 4 aromatic rings. The first-order chi connectivity index (χ1) is 24.5. The molecule has 0 bridgehead atoms. The van der Waals surface area contributed by atoms with E-state index >= 15 is 0 Å². The van der Waals surface area contributed by atoms with Crippen molar-refractivity contribution in [3.63, 3.8) is 0 Å². The summed E-state index contributed by atoms with van der Waals surface area (Å²) in [6.45, 7) is 9.27. The Morgan fingerprint density at radius 1 is 0.784 bits per heavy atom. The van der Waals surface area contributed by atoms with E-state index < -0.39 is 29.9 Å². The van der Waals surface area contributed by atoms with Crippen molar-refractivity contribution in [2.24, 2.45) is 5.73 Å². The zero-order chi connectivity index (χ0) is 36.8. The molecule has 4 rings (SSSR count). The normalized spacial score (nSPS) is 12.5. The average Bonchev–Trinajstić information content (AvgIpc) is 3.13. The van der Waals surface area contributed by atoms with Gasteiger partial charge in [-0.3, -0.25) is 9.59 Å². The third kappa shape index (κ3) is 11.7. The van der Waals surface area contributed by atoms with Gasteiger partial charge >= 0.3 is 5.97 Å². The minimum Gasteiger partial charge on any atom is -0.494 e. The lowest BCUT2D eigenvalue weighted by atomic mass is 9.86. The lowest BCUT2D eigenvalue weighted by molar-refractivity contribution is -0.142. The summed E-state index contributed by atoms with van der Waals surface area (Å²) in [4.78, 5) is 47.6. The zero-order valence-electron chi connectivity index (χ0n) is 30.2. The Bertz CT molecular complexity index is 1700. The van der Waals surface area contributed by atoms with E-state index in [4.69, 9.17) is 10.5 Å². The van der Waals surface area contributed by atoms with Crippen molar-refractivity contribution in [2.45, 2.75) is 90.1 Å². The lowest BCUT2D eigenvalue weighted by Crippen LogP contribution is -2.52. The summed E-state index contributed by atoms with van der Waals surface area (Å²) in [5.41, 5.74) is 10.4. The van der Waals surface area contributed by atoms with Gasteiger partial charge in [0.1, 0.15) is 17.8 Å². The van der Waals surface area contributed by atoms with Crippen LogP contribution in [0.1, 0.15) is 87.7 Å². The highest BCUT2D eigenvalue weighted by Gasteiger charge is 2.27. The number of aromatic nitrogens is 2. The summed E-state index contributed by atoms with van der Waals surface area (Å²) >= 11 is 0. The Kier molecular flexibility index (Phi) is 14.3. The largest absolute Gasteiger partial charge is 0.494 e. The fraction of sp³-hybridized carbons (Fsp3) is 0.390. The van der Waals surface area contributed by atoms with Crippen LogP contribution in [0.5, 0.6) is 5.75 Å². The summed E-state index contributed by atoms with van der Waals surface area (Å²) in [6, 6.07) is 20.3. The van der Waals surface area contributed by atoms with Crippen molar-refractivity contribution in [3.8, 4) is 28.3 Å². The first-order valence-electron chi connectivity index (χ1n) is 17.8. The van der Waals surface area contributed by atoms with E-state index in [0.29, 0.717) is 18.0 Å². The number of carboxylic acids is 1. The molecule has 0 spiro atoms. The number of amides is 2. The molecular formula is C41H51N5O5. The maximum absolute atomic E-state index is 13.4. The molecule has 0 radical (unpaired) electrons. The minimum atomic E-state index is -1.19. The number of carbonyl (C=O) groups excluding carboxylic acids is 2. The Labute approximate surface area is 301 Å². The molecule has 51 heavy (non-hydrogen) atoms. The van der Waals surface area contributed by atoms with Crippen LogP contribution in [0.25, 0.3) is 22.5 Å². The van der Waals surface area contributed by atoms with E-state index in [1.165, 1.54) is 25.7 Å². The van der Waals surface area contributed by atoms with E-state index in [-0.39, 0.29) is 24.8 Å². The van der Waals surface area contributed by atoms with Crippen molar-refractivity contribution in [1.29, 1.82) is 0 Å². The standard InChI is InChI=1S/C41H51N5O5/c1-5-6-7-8-9-24-51-34-20-16-29(17-21-34)32-26-43-37(44-27-32)30-12-10-28(11-13-30)25-36(39(48)45-35(22-23-42)40(49)50)46-38(47)31-14-18-33(19-15-31)41(2,3)4/h10-21,26-27,35-36H,5-9,22-25,42H2,1-4H3,(H,45,48)(H,46,47)(H,49,50)/t35-,36-/m0/s1. The summed E-state index contributed by atoms with van der Waals surface area (Å²) in [7, 11) is 0. The number of hydrogen-bond donors (Lipinski definition) is 4. The Balaban J connectivity index is 1.42. The van der Waals surface area contributed by atoms with E-state index in [1.54, 1.807) is 24.5 Å².